The van der Waals surface area contributed by atoms with Crippen molar-refractivity contribution < 1.29 is 17.9 Å². The summed E-state index contributed by atoms with van der Waals surface area (Å²) in [7, 11) is -3.72. The van der Waals surface area contributed by atoms with Crippen LogP contribution in [-0.4, -0.2) is 32.2 Å². The monoisotopic (exact) mass is 364 g/mol. The molecule has 0 fully saturated rings. The van der Waals surface area contributed by atoms with Gasteiger partial charge in [-0.2, -0.15) is 5.10 Å². The Morgan fingerprint density at radius 3 is 2.52 bits per heavy atom. The molecule has 4 N–H and O–H groups in total. The zero-order valence-electron chi connectivity index (χ0n) is 14.2. The number of ether oxygens (including phenoxy) is 1. The van der Waals surface area contributed by atoms with Crippen LogP contribution < -0.4 is 10.6 Å². The Balaban J connectivity index is 2.12. The average molecular weight is 364 g/mol. The molecular weight excluding hydrogens is 344 g/mol. The van der Waals surface area contributed by atoms with Crippen molar-refractivity contribution in [2.24, 2.45) is 10.2 Å². The number of carbonyl (C=O) groups excluding carboxylic acids is 1. The molecule has 2 aromatic rings. The summed E-state index contributed by atoms with van der Waals surface area (Å²) in [4.78, 5) is 15.1. The molecule has 9 heteroatoms. The molecule has 0 aliphatic heterocycles. The van der Waals surface area contributed by atoms with E-state index in [2.05, 4.69) is 15.5 Å². The lowest BCUT2D eigenvalue weighted by Gasteiger charge is -2.02. The molecule has 0 radical (unpaired) electrons. The second-order valence-corrected chi connectivity index (χ2v) is 6.88. The first-order chi connectivity index (χ1) is 11.7. The minimum Gasteiger partial charge on any atom is -0.462 e. The van der Waals surface area contributed by atoms with E-state index in [9.17, 15) is 13.2 Å². The van der Waals surface area contributed by atoms with Gasteiger partial charge >= 0.3 is 5.97 Å². The summed E-state index contributed by atoms with van der Waals surface area (Å²) in [5.41, 5.74) is 5.99. The number of aromatic amines is 1. The Morgan fingerprint density at radius 1 is 1.32 bits per heavy atom. The molecule has 0 spiro atoms. The third-order valence-corrected chi connectivity index (χ3v) is 4.46. The largest absolute Gasteiger partial charge is 0.462 e. The van der Waals surface area contributed by atoms with Crippen molar-refractivity contribution in [2.75, 3.05) is 12.0 Å². The van der Waals surface area contributed by atoms with E-state index in [-0.39, 0.29) is 10.9 Å². The number of anilines is 1. The van der Waals surface area contributed by atoms with E-state index < -0.39 is 10.0 Å². The van der Waals surface area contributed by atoms with Gasteiger partial charge in [0.15, 0.2) is 0 Å². The van der Waals surface area contributed by atoms with Crippen LogP contribution in [0.25, 0.3) is 0 Å². The molecule has 1 heterocycles. The summed E-state index contributed by atoms with van der Waals surface area (Å²) in [5.74, 6) is -0.375. The number of sulfonamides is 1. The highest BCUT2D eigenvalue weighted by Crippen LogP contribution is 2.18. The number of nitrogens with one attached hydrogen (secondary N) is 2. The fourth-order valence-electron chi connectivity index (χ4n) is 2.30. The first-order valence-corrected chi connectivity index (χ1v) is 9.07. The number of nitrogens with zero attached hydrogens (tertiary/aromatic N) is 1. The number of rotatable bonds is 6. The first kappa shape index (κ1) is 18.7. The molecule has 134 valence electrons. The smallest absolute Gasteiger partial charge is 0.340 e. The number of nitrogens with two attached hydrogens (primary N) is 1. The zero-order chi connectivity index (χ0) is 18.6. The van der Waals surface area contributed by atoms with Gasteiger partial charge in [-0.25, -0.2) is 18.4 Å². The Hall–Kier alpha value is -2.65. The van der Waals surface area contributed by atoms with Crippen LogP contribution in [0, 0.1) is 13.8 Å². The Labute approximate surface area is 146 Å². The number of hydrogen-bond acceptors (Lipinski definition) is 6. The minimum atomic E-state index is -3.72. The van der Waals surface area contributed by atoms with E-state index in [1.807, 2.05) is 0 Å². The summed E-state index contributed by atoms with van der Waals surface area (Å²) in [5, 5.41) is 9.13. The van der Waals surface area contributed by atoms with Gasteiger partial charge in [0.25, 0.3) is 0 Å². The predicted octanol–water partition coefficient (Wildman–Crippen LogP) is 1.90. The highest BCUT2D eigenvalue weighted by Gasteiger charge is 2.18. The SMILES string of the molecule is CCOC(=O)c1c(C)[nH]c(/C=N/Nc2ccc(S(N)(=O)=O)cc2)c1C. The van der Waals surface area contributed by atoms with Crippen molar-refractivity contribution >= 4 is 27.9 Å². The van der Waals surface area contributed by atoms with Crippen molar-refractivity contribution in [2.45, 2.75) is 25.7 Å². The number of benzene rings is 1. The standard InChI is InChI=1S/C16H20N4O4S/c1-4-24-16(21)15-10(2)14(19-11(15)3)9-18-20-12-5-7-13(8-6-12)25(17,22)23/h5-9,19-20H,4H2,1-3H3,(H2,17,22,23)/b18-9+. The van der Waals surface area contributed by atoms with Crippen LogP contribution >= 0.6 is 0 Å². The highest BCUT2D eigenvalue weighted by atomic mass is 32.2. The topological polar surface area (TPSA) is 127 Å². The molecule has 0 bridgehead atoms. The van der Waals surface area contributed by atoms with Crippen LogP contribution in [0.1, 0.15) is 34.2 Å². The van der Waals surface area contributed by atoms with Crippen molar-refractivity contribution in [1.82, 2.24) is 4.98 Å². The van der Waals surface area contributed by atoms with Crippen LogP contribution in [0.4, 0.5) is 5.69 Å². The Kier molecular flexibility index (Phi) is 5.60. The van der Waals surface area contributed by atoms with Crippen LogP contribution in [0.5, 0.6) is 0 Å². The summed E-state index contributed by atoms with van der Waals surface area (Å²) in [6.45, 7) is 5.65. The number of H-pyrrole nitrogens is 1. The fourth-order valence-corrected chi connectivity index (χ4v) is 2.82. The van der Waals surface area contributed by atoms with Crippen LogP contribution in [-0.2, 0) is 14.8 Å². The van der Waals surface area contributed by atoms with Gasteiger partial charge in [-0.15, -0.1) is 0 Å². The van der Waals surface area contributed by atoms with E-state index in [0.717, 1.165) is 5.56 Å². The van der Waals surface area contributed by atoms with Gasteiger partial charge < -0.3 is 9.72 Å². The van der Waals surface area contributed by atoms with Gasteiger partial charge in [-0.05, 0) is 50.6 Å². The fraction of sp³-hybridized carbons (Fsp3) is 0.250. The molecule has 1 aromatic heterocycles. The second kappa shape index (κ2) is 7.49. The molecule has 25 heavy (non-hydrogen) atoms. The molecule has 0 aliphatic carbocycles. The number of aromatic nitrogens is 1. The number of carbonyl (C=O) groups is 1. The number of primary sulfonamides is 1. The van der Waals surface area contributed by atoms with Crippen LogP contribution in [0.3, 0.4) is 0 Å². The average Bonchev–Trinajstić information content (AvgIpc) is 2.81. The Morgan fingerprint density at radius 2 is 1.96 bits per heavy atom. The van der Waals surface area contributed by atoms with Gasteiger partial charge in [0.1, 0.15) is 0 Å². The summed E-state index contributed by atoms with van der Waals surface area (Å²) >= 11 is 0. The van der Waals surface area contributed by atoms with Crippen molar-refractivity contribution in [3.05, 3.63) is 46.8 Å². The predicted molar refractivity (Wildman–Crippen MR) is 95.3 cm³/mol. The summed E-state index contributed by atoms with van der Waals surface area (Å²) < 4.78 is 27.4. The van der Waals surface area contributed by atoms with E-state index in [1.165, 1.54) is 12.1 Å². The molecule has 2 rings (SSSR count). The van der Waals surface area contributed by atoms with Crippen LogP contribution in [0.2, 0.25) is 0 Å². The lowest BCUT2D eigenvalue weighted by molar-refractivity contribution is 0.0525. The van der Waals surface area contributed by atoms with Crippen LogP contribution in [0.15, 0.2) is 34.3 Å². The van der Waals surface area contributed by atoms with E-state index in [1.54, 1.807) is 39.1 Å². The molecular formula is C16H20N4O4S. The molecule has 0 atom stereocenters. The van der Waals surface area contributed by atoms with Gasteiger partial charge in [-0.1, -0.05) is 0 Å². The number of aryl methyl sites for hydroxylation is 1. The maximum absolute atomic E-state index is 11.9. The third kappa shape index (κ3) is 4.46. The zero-order valence-corrected chi connectivity index (χ0v) is 15.0. The van der Waals surface area contributed by atoms with Gasteiger partial charge in [-0.3, -0.25) is 5.43 Å². The van der Waals surface area contributed by atoms with Gasteiger partial charge in [0.05, 0.1) is 34.7 Å². The molecule has 0 unspecified atom stereocenters. The molecule has 0 amide bonds. The Bertz CT molecular complexity index is 899. The molecule has 0 saturated carbocycles. The van der Waals surface area contributed by atoms with Crippen molar-refractivity contribution in [3.8, 4) is 0 Å². The van der Waals surface area contributed by atoms with E-state index >= 15 is 0 Å². The van der Waals surface area contributed by atoms with Gasteiger partial charge in [0.2, 0.25) is 10.0 Å². The summed E-state index contributed by atoms with van der Waals surface area (Å²) in [6.07, 6.45) is 1.54. The summed E-state index contributed by atoms with van der Waals surface area (Å²) in [6, 6.07) is 5.87. The maximum atomic E-state index is 11.9. The quantitative estimate of drug-likeness (QED) is 0.410. The molecule has 1 aromatic carbocycles. The maximum Gasteiger partial charge on any atom is 0.340 e. The van der Waals surface area contributed by atoms with E-state index in [4.69, 9.17) is 9.88 Å². The normalized spacial score (nSPS) is 11.7. The number of esters is 1. The first-order valence-electron chi connectivity index (χ1n) is 7.52. The third-order valence-electron chi connectivity index (χ3n) is 3.53. The number of hydrazone groups is 1. The van der Waals surface area contributed by atoms with E-state index in [0.29, 0.717) is 29.2 Å². The second-order valence-electron chi connectivity index (χ2n) is 5.32. The minimum absolute atomic E-state index is 0.0249. The molecule has 0 saturated heterocycles. The molecule has 0 aliphatic rings. The van der Waals surface area contributed by atoms with Gasteiger partial charge in [0, 0.05) is 5.69 Å². The lowest BCUT2D eigenvalue weighted by Crippen LogP contribution is -2.11. The molecule has 8 nitrogen and oxygen atoms in total. The number of hydrogen-bond donors (Lipinski definition) is 3. The van der Waals surface area contributed by atoms with Crippen molar-refractivity contribution in [3.63, 3.8) is 0 Å². The highest BCUT2D eigenvalue weighted by molar-refractivity contribution is 7.89. The lowest BCUT2D eigenvalue weighted by atomic mass is 10.1. The van der Waals surface area contributed by atoms with Crippen molar-refractivity contribution in [1.29, 1.82) is 0 Å².